The minimum atomic E-state index is -0.274. The van der Waals surface area contributed by atoms with E-state index >= 15 is 0 Å². The number of nitrogens with two attached hydrogens (primary N) is 1. The molecular weight excluding hydrogens is 432 g/mol. The lowest BCUT2D eigenvalue weighted by atomic mass is 10.2. The first-order chi connectivity index (χ1) is 16.6. The van der Waals surface area contributed by atoms with Crippen LogP contribution in [-0.4, -0.2) is 43.0 Å². The van der Waals surface area contributed by atoms with Gasteiger partial charge in [0.15, 0.2) is 11.5 Å². The first-order valence-electron chi connectivity index (χ1n) is 11.0. The molecule has 9 heteroatoms. The number of benzene rings is 2. The van der Waals surface area contributed by atoms with E-state index in [1.165, 1.54) is 17.0 Å². The molecule has 1 amide bonds. The lowest BCUT2D eigenvalue weighted by Gasteiger charge is -2.15. The zero-order valence-corrected chi connectivity index (χ0v) is 18.7. The fraction of sp³-hybridized carbons (Fsp3) is 0.200. The molecule has 2 aromatic heterocycles. The summed E-state index contributed by atoms with van der Waals surface area (Å²) in [5.41, 5.74) is 7.44. The van der Waals surface area contributed by atoms with Gasteiger partial charge in [-0.2, -0.15) is 0 Å². The monoisotopic (exact) mass is 456 g/mol. The summed E-state index contributed by atoms with van der Waals surface area (Å²) >= 11 is 0. The second-order valence-corrected chi connectivity index (χ2v) is 8.05. The van der Waals surface area contributed by atoms with Crippen molar-refractivity contribution in [3.8, 4) is 17.2 Å². The molecule has 34 heavy (non-hydrogen) atoms. The van der Waals surface area contributed by atoms with Gasteiger partial charge in [0.25, 0.3) is 0 Å². The number of nitrogens with zero attached hydrogens (tertiary/aromatic N) is 5. The number of amides is 1. The molecule has 2 N–H and O–H groups in total. The van der Waals surface area contributed by atoms with Crippen molar-refractivity contribution < 1.29 is 9.53 Å². The molecule has 0 aliphatic carbocycles. The molecule has 1 saturated heterocycles. The predicted octanol–water partition coefficient (Wildman–Crippen LogP) is 3.31. The number of ether oxygens (including phenoxy) is 1. The normalized spacial score (nSPS) is 15.9. The first kappa shape index (κ1) is 21.4. The molecule has 172 valence electrons. The third-order valence-electron chi connectivity index (χ3n) is 5.90. The zero-order valence-electron chi connectivity index (χ0n) is 18.7. The van der Waals surface area contributed by atoms with Crippen molar-refractivity contribution >= 4 is 22.9 Å². The van der Waals surface area contributed by atoms with E-state index in [9.17, 15) is 9.59 Å². The van der Waals surface area contributed by atoms with Crippen LogP contribution in [0.15, 0.2) is 77.9 Å². The van der Waals surface area contributed by atoms with Crippen LogP contribution >= 0.6 is 0 Å². The van der Waals surface area contributed by atoms with Crippen LogP contribution in [0.25, 0.3) is 16.9 Å². The number of carbonyl (C=O) groups excluding carboxylic acids is 1. The van der Waals surface area contributed by atoms with Gasteiger partial charge < -0.3 is 15.4 Å². The number of fused-ring (bicyclic) bond motifs is 1. The highest BCUT2D eigenvalue weighted by molar-refractivity contribution is 5.88. The Bertz CT molecular complexity index is 1420. The number of anilines is 1. The fourth-order valence-corrected chi connectivity index (χ4v) is 4.32. The molecule has 1 aliphatic heterocycles. The summed E-state index contributed by atoms with van der Waals surface area (Å²) in [7, 11) is 0. The maximum Gasteiger partial charge on any atom is 0.335 e. The van der Waals surface area contributed by atoms with E-state index < -0.39 is 0 Å². The van der Waals surface area contributed by atoms with E-state index in [0.29, 0.717) is 42.1 Å². The van der Waals surface area contributed by atoms with Gasteiger partial charge in [0, 0.05) is 13.1 Å². The third kappa shape index (κ3) is 3.81. The molecule has 5 rings (SSSR count). The molecule has 3 heterocycles. The van der Waals surface area contributed by atoms with Gasteiger partial charge in [0.1, 0.15) is 23.3 Å². The molecule has 1 aliphatic rings. The Morgan fingerprint density at radius 2 is 1.82 bits per heavy atom. The topological polar surface area (TPSA) is 108 Å². The van der Waals surface area contributed by atoms with Crippen molar-refractivity contribution in [1.29, 1.82) is 0 Å². The number of carbonyl (C=O) groups is 1. The van der Waals surface area contributed by atoms with E-state index in [1.54, 1.807) is 46.7 Å². The summed E-state index contributed by atoms with van der Waals surface area (Å²) in [5.74, 6) is 1.51. The van der Waals surface area contributed by atoms with E-state index in [1.807, 2.05) is 30.3 Å². The van der Waals surface area contributed by atoms with Crippen molar-refractivity contribution in [2.45, 2.75) is 19.4 Å². The van der Waals surface area contributed by atoms with Gasteiger partial charge in [-0.1, -0.05) is 24.3 Å². The highest BCUT2D eigenvalue weighted by atomic mass is 16.5. The standard InChI is InChI=1S/C25H24N6O3/c1-2-6-21(32)29-14-13-18(15-29)31-24-22(23(26)27-16-28-24)30(25(31)33)17-9-11-20(12-10-17)34-19-7-4-3-5-8-19/h2-12,16,18H,13-15H2,1H3,(H2,26,27,28)/t18-/m1/s1. The number of likely N-dealkylation sites (tertiary alicyclic amines) is 1. The SMILES string of the molecule is CC=CC(=O)N1CC[C@@H](n2c(=O)n(-c3ccc(Oc4ccccc4)cc3)c3c(N)ncnc32)C1. The summed E-state index contributed by atoms with van der Waals surface area (Å²) in [6.07, 6.45) is 5.25. The van der Waals surface area contributed by atoms with Crippen molar-refractivity contribution in [3.63, 3.8) is 0 Å². The summed E-state index contributed by atoms with van der Waals surface area (Å²) in [6.45, 7) is 2.80. The molecule has 0 saturated carbocycles. The Kier molecular flexibility index (Phi) is 5.59. The number of allylic oxidation sites excluding steroid dienone is 1. The number of rotatable bonds is 5. The number of hydrogen-bond acceptors (Lipinski definition) is 6. The highest BCUT2D eigenvalue weighted by Crippen LogP contribution is 2.28. The van der Waals surface area contributed by atoms with Crippen molar-refractivity contribution in [1.82, 2.24) is 24.0 Å². The van der Waals surface area contributed by atoms with Crippen molar-refractivity contribution in [2.75, 3.05) is 18.8 Å². The van der Waals surface area contributed by atoms with Crippen LogP contribution in [0.5, 0.6) is 11.5 Å². The van der Waals surface area contributed by atoms with E-state index in [0.717, 1.165) is 5.75 Å². The quantitative estimate of drug-likeness (QED) is 0.462. The van der Waals surface area contributed by atoms with Gasteiger partial charge in [0.2, 0.25) is 5.91 Å². The number of imidazole rings is 1. The molecule has 1 fully saturated rings. The van der Waals surface area contributed by atoms with Crippen molar-refractivity contribution in [2.24, 2.45) is 0 Å². The number of hydrogen-bond donors (Lipinski definition) is 1. The maximum atomic E-state index is 13.7. The maximum absolute atomic E-state index is 13.7. The molecule has 0 bridgehead atoms. The average molecular weight is 457 g/mol. The Hall–Kier alpha value is -4.40. The summed E-state index contributed by atoms with van der Waals surface area (Å²) < 4.78 is 9.02. The van der Waals surface area contributed by atoms with Crippen LogP contribution in [0, 0.1) is 0 Å². The molecule has 0 spiro atoms. The molecule has 0 unspecified atom stereocenters. The van der Waals surface area contributed by atoms with Crippen LogP contribution < -0.4 is 16.2 Å². The van der Waals surface area contributed by atoms with Crippen molar-refractivity contribution in [3.05, 3.63) is 83.6 Å². The Balaban J connectivity index is 1.53. The average Bonchev–Trinajstić information content (AvgIpc) is 3.43. The Morgan fingerprint density at radius 3 is 2.56 bits per heavy atom. The third-order valence-corrected chi connectivity index (χ3v) is 5.90. The summed E-state index contributed by atoms with van der Waals surface area (Å²) in [6, 6.07) is 16.4. The number of para-hydroxylation sites is 1. The van der Waals surface area contributed by atoms with E-state index in [4.69, 9.17) is 10.5 Å². The first-order valence-corrected chi connectivity index (χ1v) is 11.0. The van der Waals surface area contributed by atoms with Gasteiger partial charge in [-0.25, -0.2) is 14.8 Å². The molecule has 1 atom stereocenters. The van der Waals surface area contributed by atoms with E-state index in [2.05, 4.69) is 9.97 Å². The number of aromatic nitrogens is 4. The minimum absolute atomic E-state index is 0.0649. The van der Waals surface area contributed by atoms with E-state index in [-0.39, 0.29) is 23.5 Å². The molecule has 0 radical (unpaired) electrons. The predicted molar refractivity (Wildman–Crippen MR) is 129 cm³/mol. The Morgan fingerprint density at radius 1 is 1.09 bits per heavy atom. The van der Waals surface area contributed by atoms with Crippen LogP contribution in [-0.2, 0) is 4.79 Å². The van der Waals surface area contributed by atoms with Crippen LogP contribution in [0.4, 0.5) is 5.82 Å². The van der Waals surface area contributed by atoms with Crippen LogP contribution in [0.1, 0.15) is 19.4 Å². The Labute approximate surface area is 195 Å². The zero-order chi connectivity index (χ0) is 23.7. The van der Waals surface area contributed by atoms with Gasteiger partial charge in [0.05, 0.1) is 11.7 Å². The summed E-state index contributed by atoms with van der Waals surface area (Å²) in [4.78, 5) is 36.2. The molecule has 9 nitrogen and oxygen atoms in total. The lowest BCUT2D eigenvalue weighted by Crippen LogP contribution is -2.31. The second kappa shape index (κ2) is 8.86. The van der Waals surface area contributed by atoms with Gasteiger partial charge in [-0.05, 0) is 55.8 Å². The molecule has 2 aromatic carbocycles. The number of nitrogen functional groups attached to an aromatic ring is 1. The fourth-order valence-electron chi connectivity index (χ4n) is 4.32. The van der Waals surface area contributed by atoms with Gasteiger partial charge in [-0.3, -0.25) is 13.9 Å². The van der Waals surface area contributed by atoms with Crippen LogP contribution in [0.3, 0.4) is 0 Å². The second-order valence-electron chi connectivity index (χ2n) is 8.05. The molecular formula is C25H24N6O3. The van der Waals surface area contributed by atoms with Crippen LogP contribution in [0.2, 0.25) is 0 Å². The van der Waals surface area contributed by atoms with Gasteiger partial charge >= 0.3 is 5.69 Å². The molecule has 4 aromatic rings. The largest absolute Gasteiger partial charge is 0.457 e. The lowest BCUT2D eigenvalue weighted by molar-refractivity contribution is -0.125. The van der Waals surface area contributed by atoms with Gasteiger partial charge in [-0.15, -0.1) is 0 Å². The smallest absolute Gasteiger partial charge is 0.335 e. The minimum Gasteiger partial charge on any atom is -0.457 e. The highest BCUT2D eigenvalue weighted by Gasteiger charge is 2.31. The summed E-state index contributed by atoms with van der Waals surface area (Å²) in [5, 5.41) is 0.